The molecule has 0 saturated heterocycles. The van der Waals surface area contributed by atoms with Crippen LogP contribution in [-0.4, -0.2) is 0 Å². The second-order valence-electron chi connectivity index (χ2n) is 3.29. The Hall–Kier alpha value is -1.04. The highest BCUT2D eigenvalue weighted by Crippen LogP contribution is 2.35. The van der Waals surface area contributed by atoms with Crippen molar-refractivity contribution >= 4 is 11.6 Å². The molecular formula is C10H9ClN2. The molecule has 2 N–H and O–H groups in total. The lowest BCUT2D eigenvalue weighted by molar-refractivity contribution is 0.713. The highest BCUT2D eigenvalue weighted by Gasteiger charge is 2.22. The van der Waals surface area contributed by atoms with Crippen LogP contribution in [-0.2, 0) is 6.42 Å². The molecule has 0 saturated carbocycles. The minimum absolute atomic E-state index is 0.0512. The summed E-state index contributed by atoms with van der Waals surface area (Å²) in [6, 6.07) is 5.71. The van der Waals surface area contributed by atoms with Gasteiger partial charge in [-0.05, 0) is 36.1 Å². The Labute approximate surface area is 81.9 Å². The van der Waals surface area contributed by atoms with Crippen molar-refractivity contribution < 1.29 is 0 Å². The summed E-state index contributed by atoms with van der Waals surface area (Å²) in [4.78, 5) is 0. The number of hydrogen-bond acceptors (Lipinski definition) is 2. The van der Waals surface area contributed by atoms with E-state index in [1.807, 2.05) is 6.07 Å². The van der Waals surface area contributed by atoms with Crippen molar-refractivity contribution in [2.75, 3.05) is 0 Å². The molecule has 0 heterocycles. The summed E-state index contributed by atoms with van der Waals surface area (Å²) >= 11 is 6.02. The molecule has 66 valence electrons. The van der Waals surface area contributed by atoms with Crippen molar-refractivity contribution in [3.63, 3.8) is 0 Å². The fourth-order valence-corrected chi connectivity index (χ4v) is 2.20. The fourth-order valence-electron chi connectivity index (χ4n) is 1.82. The van der Waals surface area contributed by atoms with Crippen molar-refractivity contribution in [2.45, 2.75) is 18.9 Å². The first-order valence-electron chi connectivity index (χ1n) is 4.20. The Morgan fingerprint density at radius 3 is 3.00 bits per heavy atom. The van der Waals surface area contributed by atoms with Gasteiger partial charge in [0, 0.05) is 11.1 Å². The molecule has 0 aromatic heterocycles. The summed E-state index contributed by atoms with van der Waals surface area (Å²) in [5.41, 5.74) is 8.66. The van der Waals surface area contributed by atoms with Crippen LogP contribution in [0, 0.1) is 11.3 Å². The van der Waals surface area contributed by atoms with Gasteiger partial charge < -0.3 is 5.73 Å². The van der Waals surface area contributed by atoms with Crippen molar-refractivity contribution in [1.82, 2.24) is 0 Å². The predicted octanol–water partition coefficient (Wildman–Crippen LogP) is 2.16. The third kappa shape index (κ3) is 1.31. The lowest BCUT2D eigenvalue weighted by Gasteiger charge is -2.07. The Bertz CT molecular complexity index is 393. The zero-order valence-electron chi connectivity index (χ0n) is 7.05. The first-order valence-corrected chi connectivity index (χ1v) is 4.58. The molecular weight excluding hydrogens is 184 g/mol. The molecule has 0 spiro atoms. The second-order valence-corrected chi connectivity index (χ2v) is 3.70. The lowest BCUT2D eigenvalue weighted by Crippen LogP contribution is -2.05. The average molecular weight is 193 g/mol. The molecule has 3 heteroatoms. The molecule has 0 amide bonds. The van der Waals surface area contributed by atoms with Crippen LogP contribution in [0.25, 0.3) is 0 Å². The van der Waals surface area contributed by atoms with Crippen LogP contribution in [0.5, 0.6) is 0 Å². The molecule has 13 heavy (non-hydrogen) atoms. The maximum Gasteiger partial charge on any atom is 0.0992 e. The normalized spacial score (nSPS) is 19.6. The van der Waals surface area contributed by atoms with Crippen molar-refractivity contribution in [3.05, 3.63) is 33.8 Å². The molecule has 0 radical (unpaired) electrons. The number of halogens is 1. The molecule has 0 fully saturated rings. The van der Waals surface area contributed by atoms with E-state index in [1.165, 1.54) is 0 Å². The minimum atomic E-state index is 0.0512. The largest absolute Gasteiger partial charge is 0.324 e. The van der Waals surface area contributed by atoms with Gasteiger partial charge >= 0.3 is 0 Å². The van der Waals surface area contributed by atoms with Crippen LogP contribution in [0.15, 0.2) is 12.1 Å². The van der Waals surface area contributed by atoms with E-state index >= 15 is 0 Å². The smallest absolute Gasteiger partial charge is 0.0992 e. The highest BCUT2D eigenvalue weighted by atomic mass is 35.5. The monoisotopic (exact) mass is 192 g/mol. The molecule has 0 aliphatic heterocycles. The summed E-state index contributed by atoms with van der Waals surface area (Å²) < 4.78 is 0. The number of fused-ring (bicyclic) bond motifs is 1. The molecule has 1 atom stereocenters. The van der Waals surface area contributed by atoms with Gasteiger partial charge in [0.2, 0.25) is 0 Å². The highest BCUT2D eigenvalue weighted by molar-refractivity contribution is 6.31. The summed E-state index contributed by atoms with van der Waals surface area (Å²) in [7, 11) is 0. The second kappa shape index (κ2) is 3.02. The zero-order chi connectivity index (χ0) is 9.42. The SMILES string of the molecule is N#Cc1cc(Cl)c2c(c1)CCC2N. The number of hydrogen-bond donors (Lipinski definition) is 1. The van der Waals surface area contributed by atoms with Gasteiger partial charge in [0.1, 0.15) is 0 Å². The number of nitriles is 1. The van der Waals surface area contributed by atoms with Gasteiger partial charge in [0.15, 0.2) is 0 Å². The van der Waals surface area contributed by atoms with E-state index < -0.39 is 0 Å². The van der Waals surface area contributed by atoms with Gasteiger partial charge in [-0.25, -0.2) is 0 Å². The first kappa shape index (κ1) is 8.55. The Kier molecular flexibility index (Phi) is 1.99. The standard InChI is InChI=1S/C10H9ClN2/c11-8-4-6(5-12)3-7-1-2-9(13)10(7)8/h3-4,9H,1-2,13H2. The molecule has 1 aromatic rings. The van der Waals surface area contributed by atoms with E-state index in [0.717, 1.165) is 24.0 Å². The van der Waals surface area contributed by atoms with Crippen molar-refractivity contribution in [1.29, 1.82) is 5.26 Å². The molecule has 1 unspecified atom stereocenters. The van der Waals surface area contributed by atoms with Crippen molar-refractivity contribution in [2.24, 2.45) is 5.73 Å². The van der Waals surface area contributed by atoms with E-state index in [0.29, 0.717) is 10.6 Å². The summed E-state index contributed by atoms with van der Waals surface area (Å²) in [5, 5.41) is 9.36. The first-order chi connectivity index (χ1) is 6.22. The number of nitrogens with two attached hydrogens (primary N) is 1. The van der Waals surface area contributed by atoms with E-state index in [1.54, 1.807) is 6.07 Å². The Balaban J connectivity index is 2.61. The fraction of sp³-hybridized carbons (Fsp3) is 0.300. The molecule has 1 aliphatic rings. The molecule has 2 rings (SSSR count). The average Bonchev–Trinajstić information content (AvgIpc) is 2.48. The molecule has 1 aliphatic carbocycles. The number of benzene rings is 1. The van der Waals surface area contributed by atoms with Gasteiger partial charge in [-0.15, -0.1) is 0 Å². The third-order valence-corrected chi connectivity index (χ3v) is 2.75. The van der Waals surface area contributed by atoms with Crippen LogP contribution in [0.4, 0.5) is 0 Å². The van der Waals surface area contributed by atoms with Crippen LogP contribution >= 0.6 is 11.6 Å². The van der Waals surface area contributed by atoms with E-state index in [4.69, 9.17) is 22.6 Å². The Morgan fingerprint density at radius 2 is 2.31 bits per heavy atom. The maximum atomic E-state index is 8.72. The van der Waals surface area contributed by atoms with Gasteiger partial charge in [0.25, 0.3) is 0 Å². The van der Waals surface area contributed by atoms with Gasteiger partial charge in [-0.3, -0.25) is 0 Å². The van der Waals surface area contributed by atoms with E-state index in [9.17, 15) is 0 Å². The predicted molar refractivity (Wildman–Crippen MR) is 51.4 cm³/mol. The third-order valence-electron chi connectivity index (χ3n) is 2.44. The van der Waals surface area contributed by atoms with Crippen LogP contribution < -0.4 is 5.73 Å². The van der Waals surface area contributed by atoms with E-state index in [-0.39, 0.29) is 6.04 Å². The molecule has 1 aromatic carbocycles. The van der Waals surface area contributed by atoms with Crippen LogP contribution in [0.1, 0.15) is 29.2 Å². The minimum Gasteiger partial charge on any atom is -0.324 e. The summed E-state index contributed by atoms with van der Waals surface area (Å²) in [6.45, 7) is 0. The Morgan fingerprint density at radius 1 is 1.54 bits per heavy atom. The molecule has 0 bridgehead atoms. The topological polar surface area (TPSA) is 49.8 Å². The van der Waals surface area contributed by atoms with Gasteiger partial charge in [0.05, 0.1) is 11.6 Å². The number of nitrogens with zero attached hydrogens (tertiary/aromatic N) is 1. The van der Waals surface area contributed by atoms with E-state index in [2.05, 4.69) is 6.07 Å². The van der Waals surface area contributed by atoms with Gasteiger partial charge in [-0.1, -0.05) is 11.6 Å². The summed E-state index contributed by atoms with van der Waals surface area (Å²) in [5.74, 6) is 0. The van der Waals surface area contributed by atoms with Crippen molar-refractivity contribution in [3.8, 4) is 6.07 Å². The number of aryl methyl sites for hydroxylation is 1. The zero-order valence-corrected chi connectivity index (χ0v) is 7.80. The van der Waals surface area contributed by atoms with Crippen LogP contribution in [0.2, 0.25) is 5.02 Å². The summed E-state index contributed by atoms with van der Waals surface area (Å²) in [6.07, 6.45) is 1.87. The maximum absolute atomic E-state index is 8.72. The van der Waals surface area contributed by atoms with Crippen LogP contribution in [0.3, 0.4) is 0 Å². The molecule has 2 nitrogen and oxygen atoms in total. The number of rotatable bonds is 0. The quantitative estimate of drug-likeness (QED) is 0.685. The lowest BCUT2D eigenvalue weighted by atomic mass is 10.1. The van der Waals surface area contributed by atoms with Gasteiger partial charge in [-0.2, -0.15) is 5.26 Å².